The number of nitrogens with one attached hydrogen (secondary N) is 2. The van der Waals surface area contributed by atoms with Crippen molar-refractivity contribution in [2.75, 3.05) is 24.7 Å². The number of anilines is 3. The Morgan fingerprint density at radius 1 is 0.902 bits per heavy atom. The molecule has 8 heteroatoms. The van der Waals surface area contributed by atoms with Crippen LogP contribution in [0.1, 0.15) is 52.6 Å². The molecule has 5 rings (SSSR count). The molecule has 0 unspecified atom stereocenters. The Hall–Kier alpha value is -4.98. The highest BCUT2D eigenvalue weighted by Gasteiger charge is 2.16. The van der Waals surface area contributed by atoms with Crippen LogP contribution in [0.25, 0.3) is 16.9 Å². The first kappa shape index (κ1) is 27.6. The molecule has 0 saturated heterocycles. The van der Waals surface area contributed by atoms with Crippen molar-refractivity contribution in [3.05, 3.63) is 108 Å². The van der Waals surface area contributed by atoms with Gasteiger partial charge in [-0.2, -0.15) is 0 Å². The summed E-state index contributed by atoms with van der Waals surface area (Å²) in [5.41, 5.74) is 7.07. The second kappa shape index (κ2) is 10.9. The molecule has 0 radical (unpaired) electrons. The van der Waals surface area contributed by atoms with E-state index < -0.39 is 0 Å². The van der Waals surface area contributed by atoms with Crippen molar-refractivity contribution >= 4 is 34.7 Å². The number of benzene rings is 3. The van der Waals surface area contributed by atoms with E-state index in [1.165, 1.54) is 5.56 Å². The predicted molar refractivity (Wildman–Crippen MR) is 164 cm³/mol. The maximum absolute atomic E-state index is 13.1. The minimum absolute atomic E-state index is 0.0194. The van der Waals surface area contributed by atoms with E-state index in [1.807, 2.05) is 78.3 Å². The van der Waals surface area contributed by atoms with Crippen molar-refractivity contribution in [2.24, 2.45) is 0 Å². The number of imidazole rings is 1. The summed E-state index contributed by atoms with van der Waals surface area (Å²) in [6.45, 7) is 8.41. The average Bonchev–Trinajstić information content (AvgIpc) is 3.43. The summed E-state index contributed by atoms with van der Waals surface area (Å²) in [6, 6.07) is 20.9. The van der Waals surface area contributed by atoms with E-state index >= 15 is 0 Å². The minimum Gasteiger partial charge on any atom is -0.345 e. The molecule has 0 aliphatic rings. The molecule has 2 N–H and O–H groups in total. The van der Waals surface area contributed by atoms with Gasteiger partial charge in [0.1, 0.15) is 0 Å². The van der Waals surface area contributed by atoms with Gasteiger partial charge in [-0.25, -0.2) is 9.97 Å². The van der Waals surface area contributed by atoms with Gasteiger partial charge in [0.2, 0.25) is 0 Å². The highest BCUT2D eigenvalue weighted by Crippen LogP contribution is 2.29. The van der Waals surface area contributed by atoms with Crippen molar-refractivity contribution < 1.29 is 9.59 Å². The highest BCUT2D eigenvalue weighted by molar-refractivity contribution is 6.05. The fourth-order valence-electron chi connectivity index (χ4n) is 4.48. The first-order chi connectivity index (χ1) is 19.5. The molecule has 0 saturated carbocycles. The molecular formula is C33H34N6O2. The van der Waals surface area contributed by atoms with Gasteiger partial charge in [-0.05, 0) is 65.9 Å². The fraction of sp³-hybridized carbons (Fsp3) is 0.212. The highest BCUT2D eigenvalue weighted by atomic mass is 16.2. The Labute approximate surface area is 240 Å². The molecule has 0 bridgehead atoms. The monoisotopic (exact) mass is 546 g/mol. The van der Waals surface area contributed by atoms with Crippen LogP contribution in [0.15, 0.2) is 85.3 Å². The Kier molecular flexibility index (Phi) is 7.32. The lowest BCUT2D eigenvalue weighted by Crippen LogP contribution is -2.21. The minimum atomic E-state index is -0.165. The van der Waals surface area contributed by atoms with Crippen LogP contribution in [0.5, 0.6) is 0 Å². The van der Waals surface area contributed by atoms with Crippen LogP contribution in [0.4, 0.5) is 17.2 Å². The zero-order valence-electron chi connectivity index (χ0n) is 24.2. The van der Waals surface area contributed by atoms with Crippen molar-refractivity contribution in [3.63, 3.8) is 0 Å². The molecule has 41 heavy (non-hydrogen) atoms. The van der Waals surface area contributed by atoms with E-state index in [-0.39, 0.29) is 17.2 Å². The molecule has 2 heterocycles. The van der Waals surface area contributed by atoms with Crippen LogP contribution in [-0.2, 0) is 5.41 Å². The third kappa shape index (κ3) is 5.96. The molecule has 8 nitrogen and oxygen atoms in total. The largest absolute Gasteiger partial charge is 0.345 e. The molecule has 2 aromatic heterocycles. The number of hydrogen-bond donors (Lipinski definition) is 2. The number of aromatic nitrogens is 3. The third-order valence-corrected chi connectivity index (χ3v) is 6.97. The van der Waals surface area contributed by atoms with E-state index in [4.69, 9.17) is 4.98 Å². The number of hydrogen-bond acceptors (Lipinski definition) is 5. The Bertz CT molecular complexity index is 1730. The van der Waals surface area contributed by atoms with E-state index in [0.717, 1.165) is 22.5 Å². The zero-order chi connectivity index (χ0) is 29.3. The molecule has 0 aliphatic carbocycles. The quantitative estimate of drug-likeness (QED) is 0.247. The van der Waals surface area contributed by atoms with Gasteiger partial charge in [-0.15, -0.1) is 0 Å². The summed E-state index contributed by atoms with van der Waals surface area (Å²) in [6.07, 6.45) is 5.49. The molecule has 2 amide bonds. The van der Waals surface area contributed by atoms with Gasteiger partial charge in [-0.3, -0.25) is 9.59 Å². The lowest BCUT2D eigenvalue weighted by Gasteiger charge is -2.19. The van der Waals surface area contributed by atoms with Crippen LogP contribution in [0.2, 0.25) is 0 Å². The summed E-state index contributed by atoms with van der Waals surface area (Å²) < 4.78 is 1.91. The van der Waals surface area contributed by atoms with E-state index in [2.05, 4.69) is 36.4 Å². The maximum atomic E-state index is 13.1. The summed E-state index contributed by atoms with van der Waals surface area (Å²) in [5, 5.41) is 6.42. The van der Waals surface area contributed by atoms with Gasteiger partial charge in [0.05, 0.1) is 5.69 Å². The first-order valence-electron chi connectivity index (χ1n) is 13.4. The number of carbonyl (C=O) groups excluding carboxylic acids is 2. The standard InChI is InChI=1S/C33H34N6O2/c1-21-7-8-24(19-27(21)37-31(40)22-9-13-25(14-10-22)33(2,3)4)28-20-39-18-17-34-30(39)29(36-28)35-26-15-11-23(12-16-26)32(41)38(5)6/h7-20H,1-6H3,(H,35,36)(H,37,40). The third-order valence-electron chi connectivity index (χ3n) is 6.97. The van der Waals surface area contributed by atoms with Crippen LogP contribution in [-0.4, -0.2) is 45.2 Å². The Morgan fingerprint density at radius 3 is 2.24 bits per heavy atom. The van der Waals surface area contributed by atoms with Gasteiger partial charge >= 0.3 is 0 Å². The summed E-state index contributed by atoms with van der Waals surface area (Å²) in [5.74, 6) is 0.350. The lowest BCUT2D eigenvalue weighted by molar-refractivity contribution is 0.0827. The van der Waals surface area contributed by atoms with E-state index in [9.17, 15) is 9.59 Å². The normalized spacial score (nSPS) is 11.4. The van der Waals surface area contributed by atoms with Gasteiger partial charge in [0, 0.05) is 60.8 Å². The Balaban J connectivity index is 1.42. The number of carbonyl (C=O) groups is 2. The molecule has 5 aromatic rings. The smallest absolute Gasteiger partial charge is 0.255 e. The van der Waals surface area contributed by atoms with E-state index in [0.29, 0.717) is 28.3 Å². The van der Waals surface area contributed by atoms with Gasteiger partial charge < -0.3 is 19.9 Å². The van der Waals surface area contributed by atoms with Crippen LogP contribution < -0.4 is 10.6 Å². The molecule has 0 fully saturated rings. The van der Waals surface area contributed by atoms with Crippen molar-refractivity contribution in [3.8, 4) is 11.3 Å². The first-order valence-corrected chi connectivity index (χ1v) is 13.4. The molecule has 208 valence electrons. The molecule has 0 aliphatic heterocycles. The Morgan fingerprint density at radius 2 is 1.59 bits per heavy atom. The van der Waals surface area contributed by atoms with Crippen LogP contribution >= 0.6 is 0 Å². The average molecular weight is 547 g/mol. The maximum Gasteiger partial charge on any atom is 0.255 e. The summed E-state index contributed by atoms with van der Waals surface area (Å²) >= 11 is 0. The number of fused-ring (bicyclic) bond motifs is 1. The topological polar surface area (TPSA) is 91.6 Å². The van der Waals surface area contributed by atoms with Gasteiger partial charge in [0.15, 0.2) is 11.5 Å². The van der Waals surface area contributed by atoms with E-state index in [1.54, 1.807) is 37.3 Å². The fourth-order valence-corrected chi connectivity index (χ4v) is 4.48. The van der Waals surface area contributed by atoms with Crippen LogP contribution in [0.3, 0.4) is 0 Å². The predicted octanol–water partition coefficient (Wildman–Crippen LogP) is 6.70. The van der Waals surface area contributed by atoms with Crippen LogP contribution in [0, 0.1) is 6.92 Å². The SMILES string of the molecule is Cc1ccc(-c2cn3ccnc3c(Nc3ccc(C(=O)N(C)C)cc3)n2)cc1NC(=O)c1ccc(C(C)(C)C)cc1. The lowest BCUT2D eigenvalue weighted by atomic mass is 9.86. The second-order valence-electron chi connectivity index (χ2n) is 11.3. The number of rotatable bonds is 6. The molecule has 3 aromatic carbocycles. The summed E-state index contributed by atoms with van der Waals surface area (Å²) in [4.78, 5) is 36.3. The molecular weight excluding hydrogens is 512 g/mol. The van der Waals surface area contributed by atoms with Gasteiger partial charge in [-0.1, -0.05) is 45.0 Å². The van der Waals surface area contributed by atoms with Gasteiger partial charge in [0.25, 0.3) is 11.8 Å². The molecule has 0 atom stereocenters. The van der Waals surface area contributed by atoms with Crippen molar-refractivity contribution in [1.29, 1.82) is 0 Å². The summed E-state index contributed by atoms with van der Waals surface area (Å²) in [7, 11) is 3.45. The number of amides is 2. The van der Waals surface area contributed by atoms with Crippen molar-refractivity contribution in [1.82, 2.24) is 19.3 Å². The second-order valence-corrected chi connectivity index (χ2v) is 11.3. The van der Waals surface area contributed by atoms with Crippen molar-refractivity contribution in [2.45, 2.75) is 33.1 Å². The number of aryl methyl sites for hydroxylation is 1. The zero-order valence-corrected chi connectivity index (χ0v) is 24.2. The number of nitrogens with zero attached hydrogens (tertiary/aromatic N) is 4. The molecule has 0 spiro atoms.